The second-order valence-electron chi connectivity index (χ2n) is 9.36. The fraction of sp³-hybridized carbons (Fsp3) is 0.290. The molecule has 0 unspecified atom stereocenters. The molecule has 1 aromatic heterocycles. The van der Waals surface area contributed by atoms with Crippen LogP contribution in [0, 0.1) is 13.8 Å². The van der Waals surface area contributed by atoms with Gasteiger partial charge in [-0.05, 0) is 74.2 Å². The summed E-state index contributed by atoms with van der Waals surface area (Å²) >= 11 is 0. The van der Waals surface area contributed by atoms with Crippen LogP contribution in [-0.2, 0) is 0 Å². The van der Waals surface area contributed by atoms with E-state index in [1.54, 1.807) is 0 Å². The molecule has 0 aliphatic carbocycles. The van der Waals surface area contributed by atoms with Gasteiger partial charge in [0.05, 0.1) is 11.1 Å². The Kier molecular flexibility index (Phi) is 8.56. The molecular formula is C31H36N4O. The fourth-order valence-corrected chi connectivity index (χ4v) is 4.55. The fourth-order valence-electron chi connectivity index (χ4n) is 4.55. The molecule has 4 aromatic rings. The van der Waals surface area contributed by atoms with Crippen molar-refractivity contribution in [2.75, 3.05) is 29.9 Å². The van der Waals surface area contributed by atoms with Gasteiger partial charge in [0.2, 0.25) is 0 Å². The number of aryl methyl sites for hydroxylation is 2. The van der Waals surface area contributed by atoms with Crippen molar-refractivity contribution in [3.63, 3.8) is 0 Å². The van der Waals surface area contributed by atoms with Crippen LogP contribution in [-0.4, -0.2) is 30.5 Å². The first-order valence-corrected chi connectivity index (χ1v) is 12.9. The molecule has 0 aliphatic heterocycles. The lowest BCUT2D eigenvalue weighted by atomic mass is 10.1. The minimum absolute atomic E-state index is 0.0723. The largest absolute Gasteiger partial charge is 0.371 e. The number of para-hydroxylation sites is 2. The van der Waals surface area contributed by atoms with Gasteiger partial charge >= 0.3 is 0 Å². The number of hydrogen-bond donors (Lipinski definition) is 2. The van der Waals surface area contributed by atoms with Crippen LogP contribution in [0.2, 0.25) is 0 Å². The van der Waals surface area contributed by atoms with Gasteiger partial charge in [-0.2, -0.15) is 0 Å². The smallest absolute Gasteiger partial charge is 0.252 e. The van der Waals surface area contributed by atoms with Gasteiger partial charge in [0.1, 0.15) is 5.82 Å². The third kappa shape index (κ3) is 6.63. The van der Waals surface area contributed by atoms with Crippen LogP contribution in [0.1, 0.15) is 47.7 Å². The number of unbranched alkanes of at least 4 members (excludes halogenated alkanes) is 1. The van der Waals surface area contributed by atoms with Gasteiger partial charge in [-0.25, -0.2) is 4.98 Å². The summed E-state index contributed by atoms with van der Waals surface area (Å²) in [5, 5.41) is 7.39. The van der Waals surface area contributed by atoms with Crippen molar-refractivity contribution in [3.8, 4) is 0 Å². The summed E-state index contributed by atoms with van der Waals surface area (Å²) in [6.45, 7) is 8.91. The van der Waals surface area contributed by atoms with Crippen LogP contribution < -0.4 is 15.5 Å². The zero-order valence-electron chi connectivity index (χ0n) is 21.6. The molecule has 3 aromatic carbocycles. The molecule has 4 rings (SSSR count). The highest BCUT2D eigenvalue weighted by molar-refractivity contribution is 6.07. The molecule has 2 N–H and O–H groups in total. The molecule has 0 aliphatic rings. The van der Waals surface area contributed by atoms with E-state index in [1.807, 2.05) is 36.4 Å². The number of carbonyl (C=O) groups excluding carboxylic acids is 1. The molecule has 5 nitrogen and oxygen atoms in total. The van der Waals surface area contributed by atoms with Gasteiger partial charge in [-0.1, -0.05) is 55.8 Å². The van der Waals surface area contributed by atoms with Crippen molar-refractivity contribution in [2.24, 2.45) is 0 Å². The Hall–Kier alpha value is -3.86. The summed E-state index contributed by atoms with van der Waals surface area (Å²) in [7, 11) is 0. The zero-order chi connectivity index (χ0) is 25.3. The summed E-state index contributed by atoms with van der Waals surface area (Å²) in [6.07, 6.45) is 3.19. The van der Waals surface area contributed by atoms with E-state index >= 15 is 0 Å². The summed E-state index contributed by atoms with van der Waals surface area (Å²) in [5.74, 6) is 0.593. The topological polar surface area (TPSA) is 57.3 Å². The monoisotopic (exact) mass is 480 g/mol. The highest BCUT2D eigenvalue weighted by atomic mass is 16.1. The lowest BCUT2D eigenvalue weighted by Crippen LogP contribution is -2.30. The van der Waals surface area contributed by atoms with Crippen LogP contribution in [0.3, 0.4) is 0 Å². The van der Waals surface area contributed by atoms with E-state index in [4.69, 9.17) is 4.98 Å². The Morgan fingerprint density at radius 3 is 2.31 bits per heavy atom. The van der Waals surface area contributed by atoms with Gasteiger partial charge in [-0.15, -0.1) is 0 Å². The number of carbonyl (C=O) groups is 1. The minimum atomic E-state index is -0.0723. The zero-order valence-corrected chi connectivity index (χ0v) is 21.6. The Morgan fingerprint density at radius 2 is 1.56 bits per heavy atom. The molecule has 0 spiro atoms. The molecule has 5 heteroatoms. The maximum absolute atomic E-state index is 13.3. The number of amides is 1. The van der Waals surface area contributed by atoms with Gasteiger partial charge in [0.15, 0.2) is 0 Å². The van der Waals surface area contributed by atoms with Gasteiger partial charge in [0.25, 0.3) is 5.91 Å². The van der Waals surface area contributed by atoms with Crippen molar-refractivity contribution in [1.82, 2.24) is 10.3 Å². The SMILES string of the molecule is CCCCN(CCCNC(=O)c1cc(Nc2cc(C)cc(C)c2)nc2ccccc12)c1ccccc1. The van der Waals surface area contributed by atoms with E-state index in [9.17, 15) is 4.79 Å². The van der Waals surface area contributed by atoms with Crippen molar-refractivity contribution in [1.29, 1.82) is 0 Å². The Bertz CT molecular complexity index is 1280. The molecule has 0 fully saturated rings. The molecule has 0 saturated heterocycles. The second-order valence-corrected chi connectivity index (χ2v) is 9.36. The highest BCUT2D eigenvalue weighted by Gasteiger charge is 2.14. The van der Waals surface area contributed by atoms with Crippen molar-refractivity contribution in [3.05, 3.63) is 95.6 Å². The number of benzene rings is 3. The van der Waals surface area contributed by atoms with Gasteiger partial charge in [-0.3, -0.25) is 4.79 Å². The highest BCUT2D eigenvalue weighted by Crippen LogP contribution is 2.24. The molecule has 0 radical (unpaired) electrons. The first-order chi connectivity index (χ1) is 17.5. The molecule has 36 heavy (non-hydrogen) atoms. The summed E-state index contributed by atoms with van der Waals surface area (Å²) in [6, 6.07) is 26.5. The number of hydrogen-bond acceptors (Lipinski definition) is 4. The maximum Gasteiger partial charge on any atom is 0.252 e. The van der Waals surface area contributed by atoms with Crippen LogP contribution in [0.4, 0.5) is 17.2 Å². The van der Waals surface area contributed by atoms with Gasteiger partial charge < -0.3 is 15.5 Å². The summed E-state index contributed by atoms with van der Waals surface area (Å²) < 4.78 is 0. The van der Waals surface area contributed by atoms with E-state index in [1.165, 1.54) is 16.8 Å². The van der Waals surface area contributed by atoms with E-state index in [0.29, 0.717) is 17.9 Å². The van der Waals surface area contributed by atoms with E-state index in [-0.39, 0.29) is 5.91 Å². The van der Waals surface area contributed by atoms with Crippen molar-refractivity contribution < 1.29 is 4.79 Å². The Morgan fingerprint density at radius 1 is 0.861 bits per heavy atom. The normalized spacial score (nSPS) is 10.9. The molecule has 0 saturated carbocycles. The Labute approximate surface area is 214 Å². The molecule has 186 valence electrons. The second kappa shape index (κ2) is 12.2. The molecule has 0 atom stereocenters. The van der Waals surface area contributed by atoms with Crippen LogP contribution in [0.25, 0.3) is 10.9 Å². The predicted molar refractivity (Wildman–Crippen MR) is 151 cm³/mol. The molecule has 0 bridgehead atoms. The lowest BCUT2D eigenvalue weighted by Gasteiger charge is -2.25. The first-order valence-electron chi connectivity index (χ1n) is 12.9. The van der Waals surface area contributed by atoms with Crippen LogP contribution in [0.15, 0.2) is 78.9 Å². The van der Waals surface area contributed by atoms with E-state index < -0.39 is 0 Å². The number of pyridine rings is 1. The van der Waals surface area contributed by atoms with E-state index in [2.05, 4.69) is 78.8 Å². The quantitative estimate of drug-likeness (QED) is 0.226. The summed E-state index contributed by atoms with van der Waals surface area (Å²) in [4.78, 5) is 20.4. The molecular weight excluding hydrogens is 444 g/mol. The molecule has 1 heterocycles. The number of rotatable bonds is 11. The number of anilines is 3. The average molecular weight is 481 g/mol. The van der Waals surface area contributed by atoms with Crippen LogP contribution in [0.5, 0.6) is 0 Å². The first kappa shape index (κ1) is 25.2. The molecule has 1 amide bonds. The number of fused-ring (bicyclic) bond motifs is 1. The third-order valence-electron chi connectivity index (χ3n) is 6.25. The number of aromatic nitrogens is 1. The van der Waals surface area contributed by atoms with Gasteiger partial charge in [0, 0.05) is 36.4 Å². The predicted octanol–water partition coefficient (Wildman–Crippen LogP) is 7.02. The number of nitrogens with zero attached hydrogens (tertiary/aromatic N) is 2. The van der Waals surface area contributed by atoms with Crippen molar-refractivity contribution in [2.45, 2.75) is 40.0 Å². The lowest BCUT2D eigenvalue weighted by molar-refractivity contribution is 0.0955. The standard InChI is InChI=1S/C31H36N4O/c1-4-5-17-35(26-12-7-6-8-13-26)18-11-16-32-31(36)28-22-30(34-29-15-10-9-14-27(28)29)33-25-20-23(2)19-24(3)21-25/h6-10,12-15,19-22H,4-5,11,16-18H2,1-3H3,(H,32,36)(H,33,34). The Balaban J connectivity index is 1.45. The van der Waals surface area contributed by atoms with Crippen LogP contribution >= 0.6 is 0 Å². The van der Waals surface area contributed by atoms with Crippen molar-refractivity contribution >= 4 is 34.0 Å². The summed E-state index contributed by atoms with van der Waals surface area (Å²) in [5.41, 5.74) is 6.00. The third-order valence-corrected chi connectivity index (χ3v) is 6.25. The number of nitrogens with one attached hydrogen (secondary N) is 2. The minimum Gasteiger partial charge on any atom is -0.371 e. The van der Waals surface area contributed by atoms with E-state index in [0.717, 1.165) is 48.9 Å². The maximum atomic E-state index is 13.3. The average Bonchev–Trinajstić information content (AvgIpc) is 2.87.